The number of aromatic amines is 1. The normalized spacial score (nSPS) is 19.4. The van der Waals surface area contributed by atoms with Crippen LogP contribution >= 0.6 is 0 Å². The number of aryl methyl sites for hydroxylation is 1. The average Bonchev–Trinajstić information content (AvgIpc) is 3.18. The van der Waals surface area contributed by atoms with Gasteiger partial charge in [0.05, 0.1) is 11.7 Å². The van der Waals surface area contributed by atoms with Crippen LogP contribution in [0.15, 0.2) is 36.8 Å². The molecule has 1 aromatic carbocycles. The minimum absolute atomic E-state index is 0.700. The van der Waals surface area contributed by atoms with Gasteiger partial charge in [-0.05, 0) is 30.9 Å². The van der Waals surface area contributed by atoms with Crippen molar-refractivity contribution in [3.8, 4) is 0 Å². The summed E-state index contributed by atoms with van der Waals surface area (Å²) in [5.41, 5.74) is 2.52. The number of aromatic nitrogens is 4. The Hall–Kier alpha value is -2.14. The molecule has 3 heterocycles. The molecule has 1 aliphatic rings. The number of H-pyrrole nitrogens is 1. The van der Waals surface area contributed by atoms with Gasteiger partial charge in [-0.1, -0.05) is 18.2 Å². The fourth-order valence-electron chi connectivity index (χ4n) is 3.72. The Morgan fingerprint density at radius 3 is 3.17 bits per heavy atom. The highest BCUT2D eigenvalue weighted by Crippen LogP contribution is 2.23. The van der Waals surface area contributed by atoms with E-state index in [0.29, 0.717) is 5.92 Å². The number of piperidine rings is 1. The lowest BCUT2D eigenvalue weighted by Crippen LogP contribution is -2.36. The SMILES string of the molecule is Cn1ccnc1C[C@@H]1CCCN(Cc2cccc3cn[nH]c23)C1. The molecule has 2 aromatic heterocycles. The molecule has 4 rings (SSSR count). The van der Waals surface area contributed by atoms with Crippen molar-refractivity contribution in [3.63, 3.8) is 0 Å². The molecule has 0 saturated carbocycles. The number of hydrogen-bond acceptors (Lipinski definition) is 3. The lowest BCUT2D eigenvalue weighted by molar-refractivity contribution is 0.166. The number of likely N-dealkylation sites (tertiary alicyclic amines) is 1. The summed E-state index contributed by atoms with van der Waals surface area (Å²) in [6, 6.07) is 6.45. The van der Waals surface area contributed by atoms with Crippen LogP contribution in [0.3, 0.4) is 0 Å². The number of imidazole rings is 1. The lowest BCUT2D eigenvalue weighted by Gasteiger charge is -2.32. The van der Waals surface area contributed by atoms with Gasteiger partial charge in [0.15, 0.2) is 0 Å². The number of nitrogens with zero attached hydrogens (tertiary/aromatic N) is 4. The molecule has 0 unspecified atom stereocenters. The first kappa shape index (κ1) is 14.5. The van der Waals surface area contributed by atoms with E-state index in [-0.39, 0.29) is 0 Å². The molecular weight excluding hydrogens is 286 g/mol. The number of benzene rings is 1. The molecule has 120 valence electrons. The fraction of sp³-hybridized carbons (Fsp3) is 0.444. The maximum Gasteiger partial charge on any atom is 0.108 e. The highest BCUT2D eigenvalue weighted by Gasteiger charge is 2.22. The number of para-hydroxylation sites is 1. The van der Waals surface area contributed by atoms with Crippen LogP contribution in [-0.4, -0.2) is 37.7 Å². The third kappa shape index (κ3) is 3.01. The minimum atomic E-state index is 0.700. The van der Waals surface area contributed by atoms with E-state index in [4.69, 9.17) is 0 Å². The van der Waals surface area contributed by atoms with Crippen LogP contribution in [0.5, 0.6) is 0 Å². The second-order valence-corrected chi connectivity index (χ2v) is 6.65. The molecule has 1 saturated heterocycles. The van der Waals surface area contributed by atoms with Crippen molar-refractivity contribution in [1.82, 2.24) is 24.6 Å². The first-order chi connectivity index (χ1) is 11.3. The highest BCUT2D eigenvalue weighted by atomic mass is 15.1. The Morgan fingerprint density at radius 2 is 2.30 bits per heavy atom. The molecule has 0 radical (unpaired) electrons. The second kappa shape index (κ2) is 6.16. The molecular formula is C18H23N5. The van der Waals surface area contributed by atoms with Gasteiger partial charge in [0.2, 0.25) is 0 Å². The molecule has 23 heavy (non-hydrogen) atoms. The summed E-state index contributed by atoms with van der Waals surface area (Å²) in [6.45, 7) is 3.33. The molecule has 0 bridgehead atoms. The number of hydrogen-bond donors (Lipinski definition) is 1. The number of nitrogens with one attached hydrogen (secondary N) is 1. The van der Waals surface area contributed by atoms with Crippen LogP contribution < -0.4 is 0 Å². The van der Waals surface area contributed by atoms with E-state index in [1.165, 1.54) is 41.7 Å². The van der Waals surface area contributed by atoms with Gasteiger partial charge >= 0.3 is 0 Å². The topological polar surface area (TPSA) is 49.7 Å². The van der Waals surface area contributed by atoms with Crippen LogP contribution in [-0.2, 0) is 20.0 Å². The first-order valence-electron chi connectivity index (χ1n) is 8.39. The number of rotatable bonds is 4. The van der Waals surface area contributed by atoms with E-state index in [2.05, 4.69) is 49.9 Å². The van der Waals surface area contributed by atoms with E-state index in [0.717, 1.165) is 19.5 Å². The van der Waals surface area contributed by atoms with Crippen molar-refractivity contribution in [3.05, 3.63) is 48.2 Å². The largest absolute Gasteiger partial charge is 0.338 e. The molecule has 0 aliphatic carbocycles. The van der Waals surface area contributed by atoms with E-state index >= 15 is 0 Å². The summed E-state index contributed by atoms with van der Waals surface area (Å²) in [5.74, 6) is 1.90. The predicted molar refractivity (Wildman–Crippen MR) is 91.0 cm³/mol. The maximum absolute atomic E-state index is 4.48. The van der Waals surface area contributed by atoms with E-state index in [1.807, 2.05) is 18.6 Å². The Labute approximate surface area is 136 Å². The van der Waals surface area contributed by atoms with Crippen LogP contribution in [0.25, 0.3) is 10.9 Å². The molecule has 5 nitrogen and oxygen atoms in total. The van der Waals surface area contributed by atoms with Crippen LogP contribution in [0.4, 0.5) is 0 Å². The summed E-state index contributed by atoms with van der Waals surface area (Å²) in [7, 11) is 2.09. The van der Waals surface area contributed by atoms with Gasteiger partial charge in [0.1, 0.15) is 5.82 Å². The number of fused-ring (bicyclic) bond motifs is 1. The molecule has 0 amide bonds. The Bertz CT molecular complexity index is 787. The predicted octanol–water partition coefficient (Wildman–Crippen LogP) is 2.75. The zero-order chi connectivity index (χ0) is 15.6. The summed E-state index contributed by atoms with van der Waals surface area (Å²) in [6.07, 6.45) is 9.49. The molecule has 1 aliphatic heterocycles. The monoisotopic (exact) mass is 309 g/mol. The smallest absolute Gasteiger partial charge is 0.108 e. The van der Waals surface area contributed by atoms with Gasteiger partial charge < -0.3 is 4.57 Å². The summed E-state index contributed by atoms with van der Waals surface area (Å²) in [5, 5.41) is 8.52. The molecule has 1 atom stereocenters. The Kier molecular flexibility index (Phi) is 3.87. The van der Waals surface area contributed by atoms with Crippen LogP contribution in [0.1, 0.15) is 24.2 Å². The Balaban J connectivity index is 1.45. The molecule has 1 fully saturated rings. The molecule has 0 spiro atoms. The van der Waals surface area contributed by atoms with Crippen LogP contribution in [0.2, 0.25) is 0 Å². The van der Waals surface area contributed by atoms with Gasteiger partial charge in [-0.3, -0.25) is 10.00 Å². The molecule has 3 aromatic rings. The van der Waals surface area contributed by atoms with E-state index < -0.39 is 0 Å². The van der Waals surface area contributed by atoms with Gasteiger partial charge in [0, 0.05) is 44.3 Å². The third-order valence-electron chi connectivity index (χ3n) is 4.95. The summed E-state index contributed by atoms with van der Waals surface area (Å²) < 4.78 is 2.14. The second-order valence-electron chi connectivity index (χ2n) is 6.65. The van der Waals surface area contributed by atoms with Crippen molar-refractivity contribution in [2.75, 3.05) is 13.1 Å². The zero-order valence-corrected chi connectivity index (χ0v) is 13.6. The van der Waals surface area contributed by atoms with Gasteiger partial charge in [-0.2, -0.15) is 5.10 Å². The first-order valence-corrected chi connectivity index (χ1v) is 8.39. The highest BCUT2D eigenvalue weighted by molar-refractivity contribution is 5.81. The van der Waals surface area contributed by atoms with Gasteiger partial charge in [0.25, 0.3) is 0 Å². The van der Waals surface area contributed by atoms with Gasteiger partial charge in [-0.15, -0.1) is 0 Å². The Morgan fingerprint density at radius 1 is 1.35 bits per heavy atom. The minimum Gasteiger partial charge on any atom is -0.338 e. The van der Waals surface area contributed by atoms with Gasteiger partial charge in [-0.25, -0.2) is 4.98 Å². The zero-order valence-electron chi connectivity index (χ0n) is 13.6. The quantitative estimate of drug-likeness (QED) is 0.806. The summed E-state index contributed by atoms with van der Waals surface area (Å²) in [4.78, 5) is 7.06. The van der Waals surface area contributed by atoms with Crippen molar-refractivity contribution in [2.24, 2.45) is 13.0 Å². The van der Waals surface area contributed by atoms with E-state index in [1.54, 1.807) is 0 Å². The maximum atomic E-state index is 4.48. The third-order valence-corrected chi connectivity index (χ3v) is 4.95. The molecule has 5 heteroatoms. The lowest BCUT2D eigenvalue weighted by atomic mass is 9.94. The van der Waals surface area contributed by atoms with Crippen molar-refractivity contribution >= 4 is 10.9 Å². The van der Waals surface area contributed by atoms with Crippen molar-refractivity contribution in [1.29, 1.82) is 0 Å². The van der Waals surface area contributed by atoms with Crippen molar-refractivity contribution in [2.45, 2.75) is 25.8 Å². The standard InChI is InChI=1S/C18H23N5/c1-22-9-7-19-17(22)10-14-4-3-8-23(12-14)13-16-6-2-5-15-11-20-21-18(15)16/h2,5-7,9,11,14H,3-4,8,10,12-13H2,1H3,(H,20,21)/t14-/m0/s1. The fourth-order valence-corrected chi connectivity index (χ4v) is 3.72. The van der Waals surface area contributed by atoms with Crippen molar-refractivity contribution < 1.29 is 0 Å². The van der Waals surface area contributed by atoms with E-state index in [9.17, 15) is 0 Å². The summed E-state index contributed by atoms with van der Waals surface area (Å²) >= 11 is 0. The molecule has 1 N–H and O–H groups in total. The average molecular weight is 309 g/mol. The van der Waals surface area contributed by atoms with Crippen LogP contribution in [0, 0.1) is 5.92 Å².